The maximum atomic E-state index is 14.6. The minimum atomic E-state index is -0.681. The summed E-state index contributed by atoms with van der Waals surface area (Å²) in [5.74, 6) is -1.78. The Hall–Kier alpha value is -2.47. The lowest BCUT2D eigenvalue weighted by Gasteiger charge is -2.36. The monoisotopic (exact) mass is 446 g/mol. The van der Waals surface area contributed by atoms with Crippen LogP contribution in [-0.2, 0) is 12.0 Å². The average Bonchev–Trinajstić information content (AvgIpc) is 3.16. The van der Waals surface area contributed by atoms with Crippen molar-refractivity contribution in [3.63, 3.8) is 0 Å². The summed E-state index contributed by atoms with van der Waals surface area (Å²) in [6.45, 7) is 6.51. The van der Waals surface area contributed by atoms with E-state index in [4.69, 9.17) is 11.6 Å². The van der Waals surface area contributed by atoms with Crippen LogP contribution in [0.5, 0.6) is 0 Å². The highest BCUT2D eigenvalue weighted by atomic mass is 35.5. The third-order valence-corrected chi connectivity index (χ3v) is 8.05. The highest BCUT2D eigenvalue weighted by Gasteiger charge is 2.62. The zero-order valence-corrected chi connectivity index (χ0v) is 18.2. The summed E-state index contributed by atoms with van der Waals surface area (Å²) < 4.78 is 44.9. The molecule has 3 nitrogen and oxygen atoms in total. The lowest BCUT2D eigenvalue weighted by Crippen LogP contribution is -2.36. The standard InChI is InChI=1S/C24H22ClF3N2O/c1-23(2)16-8-9-24(23,3)21-20(16)22(31)30(19-7-6-14(26)10-17(19)25)29(21)12-13-4-5-15(27)11-18(13)28/h4-7,10-11,16H,8-9,12H2,1-3H3/t16-,24+/m1/s1. The number of rotatable bonds is 3. The van der Waals surface area contributed by atoms with E-state index >= 15 is 0 Å². The summed E-state index contributed by atoms with van der Waals surface area (Å²) in [5, 5.41) is 0.0934. The van der Waals surface area contributed by atoms with Crippen molar-refractivity contribution in [3.8, 4) is 5.69 Å². The van der Waals surface area contributed by atoms with E-state index < -0.39 is 17.5 Å². The first-order valence-electron chi connectivity index (χ1n) is 10.3. The molecule has 0 aliphatic heterocycles. The molecule has 2 aliphatic rings. The van der Waals surface area contributed by atoms with Crippen LogP contribution in [0.3, 0.4) is 0 Å². The van der Waals surface area contributed by atoms with Gasteiger partial charge in [0.05, 0.1) is 22.9 Å². The van der Waals surface area contributed by atoms with Gasteiger partial charge in [-0.3, -0.25) is 9.48 Å². The fourth-order valence-electron chi connectivity index (χ4n) is 5.74. The Morgan fingerprint density at radius 3 is 2.42 bits per heavy atom. The molecule has 3 aromatic rings. The topological polar surface area (TPSA) is 26.9 Å². The molecule has 162 valence electrons. The van der Waals surface area contributed by atoms with Gasteiger partial charge < -0.3 is 0 Å². The Morgan fingerprint density at radius 1 is 1.06 bits per heavy atom. The predicted molar refractivity (Wildman–Crippen MR) is 114 cm³/mol. The number of hydrogen-bond acceptors (Lipinski definition) is 1. The van der Waals surface area contributed by atoms with Crippen LogP contribution in [0.4, 0.5) is 13.2 Å². The maximum Gasteiger partial charge on any atom is 0.275 e. The van der Waals surface area contributed by atoms with Crippen molar-refractivity contribution < 1.29 is 13.2 Å². The Labute approximate surface area is 183 Å². The zero-order valence-electron chi connectivity index (χ0n) is 17.5. The number of fused-ring (bicyclic) bond motifs is 5. The van der Waals surface area contributed by atoms with Crippen LogP contribution in [0.1, 0.15) is 56.4 Å². The number of benzene rings is 2. The van der Waals surface area contributed by atoms with E-state index in [2.05, 4.69) is 20.8 Å². The van der Waals surface area contributed by atoms with Crippen molar-refractivity contribution in [2.75, 3.05) is 0 Å². The van der Waals surface area contributed by atoms with Crippen molar-refractivity contribution in [3.05, 3.63) is 86.0 Å². The van der Waals surface area contributed by atoms with E-state index in [0.717, 1.165) is 36.2 Å². The van der Waals surface area contributed by atoms with Gasteiger partial charge in [0.2, 0.25) is 0 Å². The van der Waals surface area contributed by atoms with E-state index in [1.165, 1.54) is 28.9 Å². The molecular weight excluding hydrogens is 425 g/mol. The van der Waals surface area contributed by atoms with Crippen LogP contribution in [-0.4, -0.2) is 9.36 Å². The van der Waals surface area contributed by atoms with E-state index in [-0.39, 0.29) is 39.4 Å². The molecule has 7 heteroatoms. The van der Waals surface area contributed by atoms with Crippen molar-refractivity contribution in [2.45, 2.75) is 51.5 Å². The first-order valence-corrected chi connectivity index (χ1v) is 10.7. The molecule has 31 heavy (non-hydrogen) atoms. The van der Waals surface area contributed by atoms with Crippen LogP contribution in [0, 0.1) is 22.9 Å². The van der Waals surface area contributed by atoms with E-state index in [1.807, 2.05) is 0 Å². The Kier molecular flexibility index (Phi) is 4.30. The minimum Gasteiger partial charge on any atom is -0.277 e. The Balaban J connectivity index is 1.81. The van der Waals surface area contributed by atoms with Crippen LogP contribution < -0.4 is 5.56 Å². The summed E-state index contributed by atoms with van der Waals surface area (Å²) >= 11 is 6.33. The van der Waals surface area contributed by atoms with Crippen molar-refractivity contribution in [2.24, 2.45) is 5.41 Å². The molecule has 0 amide bonds. The molecule has 1 saturated carbocycles. The van der Waals surface area contributed by atoms with Gasteiger partial charge in [-0.2, -0.15) is 0 Å². The van der Waals surface area contributed by atoms with Gasteiger partial charge >= 0.3 is 0 Å². The molecule has 2 atom stereocenters. The molecule has 0 spiro atoms. The second kappa shape index (κ2) is 6.52. The number of hydrogen-bond donors (Lipinski definition) is 0. The molecule has 2 bridgehead atoms. The third-order valence-electron chi connectivity index (χ3n) is 7.75. The molecule has 0 N–H and O–H groups in total. The Morgan fingerprint density at radius 2 is 1.74 bits per heavy atom. The molecule has 0 saturated heterocycles. The van der Waals surface area contributed by atoms with Gasteiger partial charge in [0.15, 0.2) is 0 Å². The summed E-state index contributed by atoms with van der Waals surface area (Å²) in [5.41, 5.74) is 1.55. The number of halogens is 4. The van der Waals surface area contributed by atoms with Gasteiger partial charge in [0.1, 0.15) is 17.5 Å². The molecule has 1 fully saturated rings. The second-order valence-corrected chi connectivity index (χ2v) is 9.82. The van der Waals surface area contributed by atoms with Crippen molar-refractivity contribution >= 4 is 11.6 Å². The van der Waals surface area contributed by atoms with Gasteiger partial charge in [-0.1, -0.05) is 38.4 Å². The first kappa shape index (κ1) is 20.4. The molecule has 2 aliphatic carbocycles. The van der Waals surface area contributed by atoms with E-state index in [1.54, 1.807) is 4.68 Å². The fraction of sp³-hybridized carbons (Fsp3) is 0.375. The average molecular weight is 447 g/mol. The fourth-order valence-corrected chi connectivity index (χ4v) is 5.99. The van der Waals surface area contributed by atoms with Crippen molar-refractivity contribution in [1.29, 1.82) is 0 Å². The maximum absolute atomic E-state index is 14.6. The summed E-state index contributed by atoms with van der Waals surface area (Å²) in [6, 6.07) is 7.29. The smallest absolute Gasteiger partial charge is 0.275 e. The van der Waals surface area contributed by atoms with Crippen LogP contribution in [0.2, 0.25) is 5.02 Å². The largest absolute Gasteiger partial charge is 0.277 e. The third kappa shape index (κ3) is 2.63. The van der Waals surface area contributed by atoms with Crippen LogP contribution >= 0.6 is 11.6 Å². The van der Waals surface area contributed by atoms with Crippen LogP contribution in [0.15, 0.2) is 41.2 Å². The molecule has 0 radical (unpaired) electrons. The SMILES string of the molecule is CC1(C)[C@@H]2CC[C@@]1(C)c1c2c(=O)n(-c2ccc(F)cc2Cl)n1Cc1ccc(F)cc1F. The van der Waals surface area contributed by atoms with Gasteiger partial charge in [-0.25, -0.2) is 17.9 Å². The quantitative estimate of drug-likeness (QED) is 0.489. The predicted octanol–water partition coefficient (Wildman–Crippen LogP) is 5.93. The van der Waals surface area contributed by atoms with E-state index in [9.17, 15) is 18.0 Å². The van der Waals surface area contributed by atoms with Crippen molar-refractivity contribution in [1.82, 2.24) is 9.36 Å². The molecule has 1 aromatic heterocycles. The zero-order chi connectivity index (χ0) is 22.3. The van der Waals surface area contributed by atoms with Gasteiger partial charge in [0, 0.05) is 22.6 Å². The van der Waals surface area contributed by atoms with Gasteiger partial charge in [-0.15, -0.1) is 0 Å². The molecular formula is C24H22ClF3N2O. The number of aromatic nitrogens is 2. The molecule has 5 rings (SSSR count). The Bertz CT molecular complexity index is 1290. The molecule has 0 unspecified atom stereocenters. The molecule has 1 heterocycles. The van der Waals surface area contributed by atoms with E-state index in [0.29, 0.717) is 5.69 Å². The first-order chi connectivity index (χ1) is 14.6. The lowest BCUT2D eigenvalue weighted by atomic mass is 9.70. The summed E-state index contributed by atoms with van der Waals surface area (Å²) in [4.78, 5) is 13.7. The van der Waals surface area contributed by atoms with Gasteiger partial charge in [-0.05, 0) is 48.4 Å². The molecule has 2 aromatic carbocycles. The second-order valence-electron chi connectivity index (χ2n) is 9.41. The minimum absolute atomic E-state index is 0.0305. The summed E-state index contributed by atoms with van der Waals surface area (Å²) in [7, 11) is 0. The summed E-state index contributed by atoms with van der Waals surface area (Å²) in [6.07, 6.45) is 1.81. The lowest BCUT2D eigenvalue weighted by molar-refractivity contribution is 0.216. The van der Waals surface area contributed by atoms with Gasteiger partial charge in [0.25, 0.3) is 5.56 Å². The highest BCUT2D eigenvalue weighted by Crippen LogP contribution is 2.67. The number of nitrogens with zero attached hydrogens (tertiary/aromatic N) is 2. The van der Waals surface area contributed by atoms with Crippen LogP contribution in [0.25, 0.3) is 5.69 Å². The highest BCUT2D eigenvalue weighted by molar-refractivity contribution is 6.32. The normalized spacial score (nSPS) is 23.4.